The van der Waals surface area contributed by atoms with Crippen molar-refractivity contribution < 1.29 is 18.8 Å². The summed E-state index contributed by atoms with van der Waals surface area (Å²) in [4.78, 5) is 27.2. The number of nitrogens with one attached hydrogen (secondary N) is 1. The van der Waals surface area contributed by atoms with Crippen molar-refractivity contribution in [3.8, 4) is 17.1 Å². The smallest absolute Gasteiger partial charge is 0.276 e. The van der Waals surface area contributed by atoms with Crippen molar-refractivity contribution in [1.29, 1.82) is 0 Å². The van der Waals surface area contributed by atoms with Gasteiger partial charge in [-0.1, -0.05) is 60.4 Å². The van der Waals surface area contributed by atoms with Crippen LogP contribution in [0.1, 0.15) is 36.3 Å². The van der Waals surface area contributed by atoms with Gasteiger partial charge in [0.15, 0.2) is 11.5 Å². The molecule has 0 fully saturated rings. The quantitative estimate of drug-likeness (QED) is 0.362. The zero-order chi connectivity index (χ0) is 25.4. The second kappa shape index (κ2) is 12.6. The van der Waals surface area contributed by atoms with Crippen molar-refractivity contribution in [2.24, 2.45) is 5.92 Å². The zero-order valence-corrected chi connectivity index (χ0v) is 21.5. The second-order valence-electron chi connectivity index (χ2n) is 8.54. The number of carbonyl (C=O) groups is 2. The van der Waals surface area contributed by atoms with Crippen LogP contribution < -0.4 is 10.1 Å². The predicted molar refractivity (Wildman–Crippen MR) is 137 cm³/mol. The van der Waals surface area contributed by atoms with Crippen LogP contribution in [0.15, 0.2) is 53.1 Å². The van der Waals surface area contributed by atoms with Gasteiger partial charge >= 0.3 is 0 Å². The number of halogens is 2. The molecule has 0 aliphatic heterocycles. The molecule has 0 aliphatic carbocycles. The third kappa shape index (κ3) is 7.73. The Bertz CT molecular complexity index is 1160. The molecule has 0 atom stereocenters. The third-order valence-corrected chi connectivity index (χ3v) is 5.88. The van der Waals surface area contributed by atoms with Gasteiger partial charge in [0, 0.05) is 47.7 Å². The molecule has 0 radical (unpaired) electrons. The molecule has 1 heterocycles. The fraction of sp³-hybridized carbons (Fsp3) is 0.346. The number of benzene rings is 2. The first-order valence-electron chi connectivity index (χ1n) is 11.4. The van der Waals surface area contributed by atoms with Gasteiger partial charge in [-0.2, -0.15) is 0 Å². The van der Waals surface area contributed by atoms with E-state index in [-0.39, 0.29) is 36.4 Å². The van der Waals surface area contributed by atoms with Crippen LogP contribution >= 0.6 is 23.2 Å². The van der Waals surface area contributed by atoms with E-state index in [4.69, 9.17) is 32.5 Å². The average molecular weight is 518 g/mol. The fourth-order valence-corrected chi connectivity index (χ4v) is 4.06. The van der Waals surface area contributed by atoms with Crippen molar-refractivity contribution in [2.75, 3.05) is 26.7 Å². The van der Waals surface area contributed by atoms with E-state index in [1.165, 1.54) is 0 Å². The van der Waals surface area contributed by atoms with E-state index in [9.17, 15) is 9.59 Å². The normalized spacial score (nSPS) is 10.9. The largest absolute Gasteiger partial charge is 0.497 e. The minimum absolute atomic E-state index is 0.145. The molecular weight excluding hydrogens is 489 g/mol. The molecular formula is C26H29Cl2N3O4. The molecule has 0 unspecified atom stereocenters. The molecule has 1 N–H and O–H groups in total. The lowest BCUT2D eigenvalue weighted by atomic mass is 10.1. The number of methoxy groups -OCH3 is 1. The molecule has 9 heteroatoms. The highest BCUT2D eigenvalue weighted by Gasteiger charge is 2.22. The number of hydrogen-bond acceptors (Lipinski definition) is 5. The Labute approximate surface area is 215 Å². The summed E-state index contributed by atoms with van der Waals surface area (Å²) in [5, 5.41) is 7.99. The van der Waals surface area contributed by atoms with Gasteiger partial charge in [-0.15, -0.1) is 0 Å². The molecule has 0 saturated heterocycles. The molecule has 0 spiro atoms. The maximum absolute atomic E-state index is 13.1. The maximum Gasteiger partial charge on any atom is 0.276 e. The predicted octanol–water partition coefficient (Wildman–Crippen LogP) is 5.50. The molecule has 3 aromatic rings. The molecule has 0 aliphatic rings. The van der Waals surface area contributed by atoms with E-state index >= 15 is 0 Å². The number of ether oxygens (including phenoxy) is 1. The average Bonchev–Trinajstić information content (AvgIpc) is 3.33. The molecule has 0 bridgehead atoms. The Hall–Kier alpha value is -3.03. The minimum Gasteiger partial charge on any atom is -0.497 e. The monoisotopic (exact) mass is 517 g/mol. The summed E-state index contributed by atoms with van der Waals surface area (Å²) in [5.41, 5.74) is 1.86. The minimum atomic E-state index is -0.280. The summed E-state index contributed by atoms with van der Waals surface area (Å²) < 4.78 is 10.7. The number of hydrogen-bond donors (Lipinski definition) is 1. The Morgan fingerprint density at radius 3 is 2.66 bits per heavy atom. The SMILES string of the molecule is COc1cccc(-c2cc(C(=O)N(CCC(=O)NCCc3ccc(Cl)cc3Cl)CC(C)C)no2)c1. The van der Waals surface area contributed by atoms with Crippen LogP contribution in [-0.4, -0.2) is 48.6 Å². The Kier molecular flexibility index (Phi) is 9.57. The lowest BCUT2D eigenvalue weighted by Crippen LogP contribution is -2.38. The van der Waals surface area contributed by atoms with E-state index in [2.05, 4.69) is 10.5 Å². The summed E-state index contributed by atoms with van der Waals surface area (Å²) in [6.07, 6.45) is 0.760. The van der Waals surface area contributed by atoms with Crippen LogP contribution in [0.4, 0.5) is 0 Å². The van der Waals surface area contributed by atoms with Crippen molar-refractivity contribution >= 4 is 35.0 Å². The van der Waals surface area contributed by atoms with E-state index < -0.39 is 0 Å². The van der Waals surface area contributed by atoms with Crippen molar-refractivity contribution in [1.82, 2.24) is 15.4 Å². The molecule has 35 heavy (non-hydrogen) atoms. The van der Waals surface area contributed by atoms with Crippen molar-refractivity contribution in [3.05, 3.63) is 69.8 Å². The van der Waals surface area contributed by atoms with Gasteiger partial charge < -0.3 is 19.5 Å². The summed E-state index contributed by atoms with van der Waals surface area (Å²) in [7, 11) is 1.58. The van der Waals surface area contributed by atoms with Crippen LogP contribution in [0.5, 0.6) is 5.75 Å². The summed E-state index contributed by atoms with van der Waals surface area (Å²) in [5.74, 6) is 0.943. The van der Waals surface area contributed by atoms with E-state index in [1.807, 2.05) is 44.2 Å². The summed E-state index contributed by atoms with van der Waals surface area (Å²) >= 11 is 12.1. The molecule has 0 saturated carbocycles. The standard InChI is InChI=1S/C26H29Cl2N3O4/c1-17(2)16-31(12-10-25(32)29-11-9-18-7-8-20(27)14-22(18)28)26(33)23-15-24(35-30-23)19-5-4-6-21(13-19)34-3/h4-8,13-15,17H,9-12,16H2,1-3H3,(H,29,32). The molecule has 2 amide bonds. The fourth-order valence-electron chi connectivity index (χ4n) is 3.55. The van der Waals surface area contributed by atoms with Gasteiger partial charge in [-0.05, 0) is 42.2 Å². The Morgan fingerprint density at radius 1 is 1.14 bits per heavy atom. The molecule has 7 nitrogen and oxygen atoms in total. The van der Waals surface area contributed by atoms with Gasteiger partial charge in [-0.3, -0.25) is 9.59 Å². The van der Waals surface area contributed by atoms with Crippen LogP contribution in [0, 0.1) is 5.92 Å². The van der Waals surface area contributed by atoms with Gasteiger partial charge in [0.2, 0.25) is 5.91 Å². The number of amides is 2. The summed E-state index contributed by atoms with van der Waals surface area (Å²) in [6, 6.07) is 14.2. The first-order chi connectivity index (χ1) is 16.8. The highest BCUT2D eigenvalue weighted by molar-refractivity contribution is 6.35. The lowest BCUT2D eigenvalue weighted by Gasteiger charge is -2.23. The molecule has 2 aromatic carbocycles. The van der Waals surface area contributed by atoms with Crippen LogP contribution in [0.25, 0.3) is 11.3 Å². The number of rotatable bonds is 11. The van der Waals surface area contributed by atoms with Crippen LogP contribution in [-0.2, 0) is 11.2 Å². The second-order valence-corrected chi connectivity index (χ2v) is 9.38. The van der Waals surface area contributed by atoms with E-state index in [1.54, 1.807) is 30.2 Å². The van der Waals surface area contributed by atoms with Gasteiger partial charge in [-0.25, -0.2) is 0 Å². The number of carbonyl (C=O) groups excluding carboxylic acids is 2. The molecule has 186 valence electrons. The van der Waals surface area contributed by atoms with Crippen molar-refractivity contribution in [2.45, 2.75) is 26.7 Å². The molecule has 1 aromatic heterocycles. The van der Waals surface area contributed by atoms with Gasteiger partial charge in [0.25, 0.3) is 5.91 Å². The van der Waals surface area contributed by atoms with Gasteiger partial charge in [0.1, 0.15) is 5.75 Å². The lowest BCUT2D eigenvalue weighted by molar-refractivity contribution is -0.121. The van der Waals surface area contributed by atoms with Crippen LogP contribution in [0.2, 0.25) is 10.0 Å². The topological polar surface area (TPSA) is 84.7 Å². The Balaban J connectivity index is 1.57. The summed E-state index contributed by atoms with van der Waals surface area (Å²) in [6.45, 7) is 5.23. The third-order valence-electron chi connectivity index (χ3n) is 5.30. The first-order valence-corrected chi connectivity index (χ1v) is 12.1. The maximum atomic E-state index is 13.1. The zero-order valence-electron chi connectivity index (χ0n) is 20.0. The van der Waals surface area contributed by atoms with Gasteiger partial charge in [0.05, 0.1) is 7.11 Å². The van der Waals surface area contributed by atoms with E-state index in [0.29, 0.717) is 41.1 Å². The van der Waals surface area contributed by atoms with Crippen molar-refractivity contribution in [3.63, 3.8) is 0 Å². The number of aromatic nitrogens is 1. The Morgan fingerprint density at radius 2 is 1.94 bits per heavy atom. The van der Waals surface area contributed by atoms with Crippen LogP contribution in [0.3, 0.4) is 0 Å². The van der Waals surface area contributed by atoms with E-state index in [0.717, 1.165) is 11.1 Å². The highest BCUT2D eigenvalue weighted by atomic mass is 35.5. The molecule has 3 rings (SSSR count). The number of nitrogens with zero attached hydrogens (tertiary/aromatic N) is 2. The first kappa shape index (κ1) is 26.6. The highest BCUT2D eigenvalue weighted by Crippen LogP contribution is 2.25.